The molecule has 0 unspecified atom stereocenters. The zero-order valence-electron chi connectivity index (χ0n) is 15.4. The first-order chi connectivity index (χ1) is 12.8. The zero-order valence-corrected chi connectivity index (χ0v) is 17.0. The molecule has 1 amide bonds. The third-order valence-electron chi connectivity index (χ3n) is 4.39. The van der Waals surface area contributed by atoms with Crippen LogP contribution in [0.5, 0.6) is 0 Å². The van der Waals surface area contributed by atoms with Crippen LogP contribution in [0.2, 0.25) is 0 Å². The molecule has 0 aliphatic carbocycles. The quantitative estimate of drug-likeness (QED) is 0.598. The average molecular weight is 426 g/mol. The molecule has 1 heterocycles. The number of nitrogens with one attached hydrogen (secondary N) is 1. The molecule has 2 aromatic carbocycles. The van der Waals surface area contributed by atoms with Gasteiger partial charge in [-0.3, -0.25) is 14.3 Å². The Morgan fingerprint density at radius 1 is 1.00 bits per heavy atom. The summed E-state index contributed by atoms with van der Waals surface area (Å²) in [6.45, 7) is 6.14. The van der Waals surface area contributed by atoms with Gasteiger partial charge in [0.15, 0.2) is 5.78 Å². The molecule has 3 aromatic rings. The summed E-state index contributed by atoms with van der Waals surface area (Å²) < 4.78 is 2.96. The van der Waals surface area contributed by atoms with Crippen LogP contribution in [0, 0.1) is 13.8 Å². The van der Waals surface area contributed by atoms with Crippen molar-refractivity contribution >= 4 is 33.3 Å². The molecule has 0 aliphatic rings. The van der Waals surface area contributed by atoms with Crippen LogP contribution in [-0.2, 0) is 6.54 Å². The van der Waals surface area contributed by atoms with E-state index in [2.05, 4.69) is 26.3 Å². The first-order valence-electron chi connectivity index (χ1n) is 8.56. The van der Waals surface area contributed by atoms with Gasteiger partial charge in [0.2, 0.25) is 0 Å². The molecule has 0 saturated heterocycles. The first-order valence-corrected chi connectivity index (χ1v) is 9.35. The highest BCUT2D eigenvalue weighted by Crippen LogP contribution is 2.21. The van der Waals surface area contributed by atoms with Crippen LogP contribution in [0.3, 0.4) is 0 Å². The Morgan fingerprint density at radius 3 is 2.11 bits per heavy atom. The minimum absolute atomic E-state index is 0.00175. The van der Waals surface area contributed by atoms with Crippen LogP contribution in [0.15, 0.2) is 53.0 Å². The van der Waals surface area contributed by atoms with Gasteiger partial charge in [0.25, 0.3) is 5.91 Å². The largest absolute Gasteiger partial charge is 0.322 e. The third kappa shape index (κ3) is 4.34. The van der Waals surface area contributed by atoms with Crippen molar-refractivity contribution in [2.45, 2.75) is 27.3 Å². The van der Waals surface area contributed by atoms with E-state index in [0.29, 0.717) is 23.4 Å². The van der Waals surface area contributed by atoms with Gasteiger partial charge < -0.3 is 5.32 Å². The van der Waals surface area contributed by atoms with Crippen molar-refractivity contribution in [1.82, 2.24) is 9.78 Å². The fourth-order valence-electron chi connectivity index (χ4n) is 2.76. The maximum Gasteiger partial charge on any atom is 0.255 e. The van der Waals surface area contributed by atoms with Gasteiger partial charge in [0.05, 0.1) is 22.4 Å². The zero-order chi connectivity index (χ0) is 19.6. The Labute approximate surface area is 166 Å². The number of rotatable bonds is 5. The van der Waals surface area contributed by atoms with Crippen LogP contribution < -0.4 is 5.32 Å². The number of carbonyl (C=O) groups excluding carboxylic acids is 2. The highest BCUT2D eigenvalue weighted by molar-refractivity contribution is 9.10. The predicted molar refractivity (Wildman–Crippen MR) is 109 cm³/mol. The Hall–Kier alpha value is -2.73. The van der Waals surface area contributed by atoms with Crippen LogP contribution in [0.25, 0.3) is 0 Å². The van der Waals surface area contributed by atoms with Gasteiger partial charge in [0, 0.05) is 16.8 Å². The van der Waals surface area contributed by atoms with Crippen LogP contribution in [-0.4, -0.2) is 21.5 Å². The molecule has 1 N–H and O–H groups in total. The lowest BCUT2D eigenvalue weighted by Crippen LogP contribution is -2.12. The number of benzene rings is 2. The molecule has 0 spiro atoms. The topological polar surface area (TPSA) is 64.0 Å². The number of anilines is 1. The molecule has 6 heteroatoms. The number of amides is 1. The Kier molecular flexibility index (Phi) is 5.56. The highest BCUT2D eigenvalue weighted by atomic mass is 79.9. The van der Waals surface area contributed by atoms with Gasteiger partial charge >= 0.3 is 0 Å². The summed E-state index contributed by atoms with van der Waals surface area (Å²) in [6, 6.07) is 14.3. The van der Waals surface area contributed by atoms with Crippen LogP contribution >= 0.6 is 15.9 Å². The fraction of sp³-hybridized carbons (Fsp3) is 0.190. The number of halogens is 1. The van der Waals surface area contributed by atoms with E-state index in [4.69, 9.17) is 0 Å². The number of ketones is 1. The molecule has 5 nitrogen and oxygen atoms in total. The second-order valence-corrected chi connectivity index (χ2v) is 7.22. The molecule has 138 valence electrons. The van der Waals surface area contributed by atoms with Crippen molar-refractivity contribution in [2.75, 3.05) is 5.32 Å². The number of aryl methyl sites for hydroxylation is 1. The van der Waals surface area contributed by atoms with Crippen LogP contribution in [0.4, 0.5) is 5.69 Å². The lowest BCUT2D eigenvalue weighted by molar-refractivity contribution is 0.101. The average Bonchev–Trinajstić information content (AvgIpc) is 2.89. The molecular formula is C21H20BrN3O2. The molecule has 0 saturated carbocycles. The molecule has 0 radical (unpaired) electrons. The smallest absolute Gasteiger partial charge is 0.255 e. The summed E-state index contributed by atoms with van der Waals surface area (Å²) in [5.74, 6) is -0.191. The number of carbonyl (C=O) groups is 2. The third-order valence-corrected chi connectivity index (χ3v) is 5.54. The lowest BCUT2D eigenvalue weighted by Gasteiger charge is -2.08. The van der Waals surface area contributed by atoms with Crippen molar-refractivity contribution in [3.63, 3.8) is 0 Å². The van der Waals surface area contributed by atoms with E-state index in [9.17, 15) is 9.59 Å². The molecule has 27 heavy (non-hydrogen) atoms. The standard InChI is InChI=1S/C21H20BrN3O2/c1-13-20(22)14(2)25(24-13)12-16-4-6-18(7-5-16)21(27)23-19-10-8-17(9-11-19)15(3)26/h4-11H,12H2,1-3H3,(H,23,27). The van der Waals surface area contributed by atoms with Crippen LogP contribution in [0.1, 0.15) is 44.6 Å². The van der Waals surface area contributed by atoms with Crippen molar-refractivity contribution in [3.8, 4) is 0 Å². The molecule has 0 fully saturated rings. The summed E-state index contributed by atoms with van der Waals surface area (Å²) >= 11 is 3.53. The molecule has 0 atom stereocenters. The predicted octanol–water partition coefficient (Wildman–Crippen LogP) is 4.77. The maximum atomic E-state index is 12.4. The van der Waals surface area contributed by atoms with Crippen molar-refractivity contribution in [1.29, 1.82) is 0 Å². The molecule has 1 aromatic heterocycles. The SMILES string of the molecule is CC(=O)c1ccc(NC(=O)c2ccc(Cn3nc(C)c(Br)c3C)cc2)cc1. The fourth-order valence-corrected chi connectivity index (χ4v) is 3.04. The normalized spacial score (nSPS) is 10.7. The number of hydrogen-bond acceptors (Lipinski definition) is 3. The van der Waals surface area contributed by atoms with E-state index in [-0.39, 0.29) is 11.7 Å². The van der Waals surface area contributed by atoms with Gasteiger partial charge in [-0.2, -0.15) is 5.10 Å². The van der Waals surface area contributed by atoms with E-state index in [1.165, 1.54) is 6.92 Å². The molecule has 0 bridgehead atoms. The van der Waals surface area contributed by atoms with Crippen molar-refractivity contribution in [3.05, 3.63) is 81.1 Å². The Balaban J connectivity index is 1.68. The summed E-state index contributed by atoms with van der Waals surface area (Å²) in [5, 5.41) is 7.34. The second-order valence-electron chi connectivity index (χ2n) is 6.43. The van der Waals surface area contributed by atoms with E-state index in [1.54, 1.807) is 36.4 Å². The van der Waals surface area contributed by atoms with Gasteiger partial charge in [-0.05, 0) is 78.7 Å². The maximum absolute atomic E-state index is 12.4. The summed E-state index contributed by atoms with van der Waals surface area (Å²) in [4.78, 5) is 23.7. The van der Waals surface area contributed by atoms with Crippen molar-refractivity contribution < 1.29 is 9.59 Å². The minimum atomic E-state index is -0.189. The van der Waals surface area contributed by atoms with Gasteiger partial charge in [0.1, 0.15) is 0 Å². The van der Waals surface area contributed by atoms with Gasteiger partial charge in [-0.15, -0.1) is 0 Å². The second kappa shape index (κ2) is 7.88. The number of hydrogen-bond donors (Lipinski definition) is 1. The van der Waals surface area contributed by atoms with E-state index >= 15 is 0 Å². The van der Waals surface area contributed by atoms with Gasteiger partial charge in [-0.1, -0.05) is 12.1 Å². The Morgan fingerprint density at radius 2 is 1.59 bits per heavy atom. The molecular weight excluding hydrogens is 406 g/mol. The number of Topliss-reactive ketones (excluding diaryl/α,β-unsaturated/α-hetero) is 1. The van der Waals surface area contributed by atoms with E-state index < -0.39 is 0 Å². The summed E-state index contributed by atoms with van der Waals surface area (Å²) in [6.07, 6.45) is 0. The summed E-state index contributed by atoms with van der Waals surface area (Å²) in [5.41, 5.74) is 4.94. The Bertz CT molecular complexity index is 990. The van der Waals surface area contributed by atoms with E-state index in [0.717, 1.165) is 21.4 Å². The van der Waals surface area contributed by atoms with Gasteiger partial charge in [-0.25, -0.2) is 0 Å². The monoisotopic (exact) mass is 425 g/mol. The van der Waals surface area contributed by atoms with Crippen molar-refractivity contribution in [2.24, 2.45) is 0 Å². The number of nitrogens with zero attached hydrogens (tertiary/aromatic N) is 2. The molecule has 0 aliphatic heterocycles. The van der Waals surface area contributed by atoms with E-state index in [1.807, 2.05) is 30.7 Å². The lowest BCUT2D eigenvalue weighted by atomic mass is 10.1. The summed E-state index contributed by atoms with van der Waals surface area (Å²) in [7, 11) is 0. The number of aromatic nitrogens is 2. The highest BCUT2D eigenvalue weighted by Gasteiger charge is 2.10. The molecule has 3 rings (SSSR count). The first kappa shape index (κ1) is 19.0. The minimum Gasteiger partial charge on any atom is -0.322 e.